The molecule has 0 bridgehead atoms. The molecule has 1 N–H and O–H groups in total. The maximum atomic E-state index is 11.3. The number of esters is 1. The lowest BCUT2D eigenvalue weighted by atomic mass is 10.2. The van der Waals surface area contributed by atoms with E-state index in [0.29, 0.717) is 0 Å². The number of thiophene rings is 1. The van der Waals surface area contributed by atoms with E-state index in [0.717, 1.165) is 13.0 Å². The molecule has 3 nitrogen and oxygen atoms in total. The summed E-state index contributed by atoms with van der Waals surface area (Å²) in [4.78, 5) is 12.6. The molecule has 1 aromatic heterocycles. The van der Waals surface area contributed by atoms with Crippen LogP contribution in [0.3, 0.4) is 0 Å². The molecule has 15 heavy (non-hydrogen) atoms. The first kappa shape index (κ1) is 12.2. The zero-order valence-electron chi connectivity index (χ0n) is 9.37. The van der Waals surface area contributed by atoms with Crippen molar-refractivity contribution in [3.63, 3.8) is 0 Å². The Morgan fingerprint density at radius 2 is 2.40 bits per heavy atom. The fourth-order valence-corrected chi connectivity index (χ4v) is 2.19. The first-order valence-electron chi connectivity index (χ1n) is 5.03. The number of carbonyl (C=O) groups excluding carboxylic acids is 1. The van der Waals surface area contributed by atoms with Gasteiger partial charge in [-0.15, -0.1) is 11.3 Å². The number of nitrogens with one attached hydrogen (secondary N) is 1. The van der Waals surface area contributed by atoms with Crippen molar-refractivity contribution in [1.82, 2.24) is 5.32 Å². The van der Waals surface area contributed by atoms with E-state index in [4.69, 9.17) is 4.74 Å². The van der Waals surface area contributed by atoms with Gasteiger partial charge in [0, 0.05) is 11.4 Å². The molecule has 1 heterocycles. The molecule has 0 aromatic carbocycles. The van der Waals surface area contributed by atoms with E-state index in [2.05, 4.69) is 23.7 Å². The van der Waals surface area contributed by atoms with Crippen molar-refractivity contribution in [2.24, 2.45) is 0 Å². The monoisotopic (exact) mass is 227 g/mol. The van der Waals surface area contributed by atoms with Gasteiger partial charge in [0.2, 0.25) is 0 Å². The van der Waals surface area contributed by atoms with Crippen LogP contribution in [0.2, 0.25) is 0 Å². The van der Waals surface area contributed by atoms with Gasteiger partial charge in [0.25, 0.3) is 0 Å². The fraction of sp³-hybridized carbons (Fsp3) is 0.545. The summed E-state index contributed by atoms with van der Waals surface area (Å²) in [5.74, 6) is -0.188. The third-order valence-corrected chi connectivity index (χ3v) is 3.39. The second kappa shape index (κ2) is 5.88. The summed E-state index contributed by atoms with van der Waals surface area (Å²) in [5.41, 5.74) is 1.27. The Bertz CT molecular complexity index is 322. The topological polar surface area (TPSA) is 38.3 Å². The summed E-state index contributed by atoms with van der Waals surface area (Å²) in [7, 11) is 1.42. The molecule has 0 amide bonds. The largest absolute Gasteiger partial charge is 0.468 e. The average molecular weight is 227 g/mol. The van der Waals surface area contributed by atoms with Crippen LogP contribution in [-0.2, 0) is 16.1 Å². The molecule has 0 radical (unpaired) electrons. The van der Waals surface area contributed by atoms with Crippen LogP contribution >= 0.6 is 11.3 Å². The number of ether oxygens (including phenoxy) is 1. The molecule has 0 fully saturated rings. The van der Waals surface area contributed by atoms with E-state index in [1.807, 2.05) is 6.92 Å². The van der Waals surface area contributed by atoms with Crippen molar-refractivity contribution in [2.45, 2.75) is 32.9 Å². The van der Waals surface area contributed by atoms with Gasteiger partial charge < -0.3 is 4.74 Å². The van der Waals surface area contributed by atoms with Crippen LogP contribution in [0.1, 0.15) is 23.8 Å². The molecule has 1 rings (SSSR count). The Hall–Kier alpha value is -0.870. The lowest BCUT2D eigenvalue weighted by molar-refractivity contribution is -0.143. The van der Waals surface area contributed by atoms with Crippen LogP contribution in [0.4, 0.5) is 0 Å². The SMILES string of the molecule is CCC(NCc1sccc1C)C(=O)OC. The van der Waals surface area contributed by atoms with Gasteiger partial charge >= 0.3 is 5.97 Å². The number of rotatable bonds is 5. The van der Waals surface area contributed by atoms with Gasteiger partial charge in [-0.25, -0.2) is 0 Å². The predicted molar refractivity (Wildman–Crippen MR) is 62.0 cm³/mol. The summed E-state index contributed by atoms with van der Waals surface area (Å²) in [6.07, 6.45) is 0.747. The first-order chi connectivity index (χ1) is 7.19. The van der Waals surface area contributed by atoms with Gasteiger partial charge in [-0.2, -0.15) is 0 Å². The molecule has 0 saturated carbocycles. The molecule has 4 heteroatoms. The molecule has 1 unspecified atom stereocenters. The zero-order chi connectivity index (χ0) is 11.3. The Kier molecular flexibility index (Phi) is 4.78. The summed E-state index contributed by atoms with van der Waals surface area (Å²) in [6, 6.07) is 1.89. The van der Waals surface area contributed by atoms with E-state index < -0.39 is 0 Å². The minimum Gasteiger partial charge on any atom is -0.468 e. The van der Waals surface area contributed by atoms with Crippen LogP contribution in [0.5, 0.6) is 0 Å². The molecular weight excluding hydrogens is 210 g/mol. The standard InChI is InChI=1S/C11H17NO2S/c1-4-9(11(13)14-3)12-7-10-8(2)5-6-15-10/h5-6,9,12H,4,7H2,1-3H3. The molecule has 0 aliphatic rings. The van der Waals surface area contributed by atoms with Crippen molar-refractivity contribution >= 4 is 17.3 Å². The molecule has 0 aliphatic carbocycles. The third-order valence-electron chi connectivity index (χ3n) is 2.37. The van der Waals surface area contributed by atoms with Crippen molar-refractivity contribution in [3.05, 3.63) is 21.9 Å². The molecule has 1 aromatic rings. The maximum absolute atomic E-state index is 11.3. The molecule has 84 valence electrons. The van der Waals surface area contributed by atoms with Crippen molar-refractivity contribution in [2.75, 3.05) is 7.11 Å². The predicted octanol–water partition coefficient (Wildman–Crippen LogP) is 2.10. The van der Waals surface area contributed by atoms with Gasteiger partial charge in [-0.3, -0.25) is 10.1 Å². The Labute approximate surface area is 94.5 Å². The Balaban J connectivity index is 2.48. The third kappa shape index (κ3) is 3.32. The van der Waals surface area contributed by atoms with Gasteiger partial charge in [0.15, 0.2) is 0 Å². The van der Waals surface area contributed by atoms with E-state index in [1.54, 1.807) is 11.3 Å². The highest BCUT2D eigenvalue weighted by molar-refractivity contribution is 7.10. The second-order valence-corrected chi connectivity index (χ2v) is 4.39. The summed E-state index contributed by atoms with van der Waals surface area (Å²) in [6.45, 7) is 4.78. The van der Waals surface area contributed by atoms with E-state index >= 15 is 0 Å². The van der Waals surface area contributed by atoms with E-state index in [1.165, 1.54) is 17.6 Å². The van der Waals surface area contributed by atoms with Crippen LogP contribution in [-0.4, -0.2) is 19.1 Å². The van der Waals surface area contributed by atoms with Crippen molar-refractivity contribution in [3.8, 4) is 0 Å². The van der Waals surface area contributed by atoms with Gasteiger partial charge in [0.1, 0.15) is 6.04 Å². The van der Waals surface area contributed by atoms with Crippen LogP contribution < -0.4 is 5.32 Å². The number of aryl methyl sites for hydroxylation is 1. The molecular formula is C11H17NO2S. The smallest absolute Gasteiger partial charge is 0.322 e. The number of carbonyl (C=O) groups is 1. The summed E-state index contributed by atoms with van der Waals surface area (Å²) >= 11 is 1.71. The molecule has 0 spiro atoms. The number of hydrogen-bond acceptors (Lipinski definition) is 4. The van der Waals surface area contributed by atoms with E-state index in [-0.39, 0.29) is 12.0 Å². The number of methoxy groups -OCH3 is 1. The molecule has 0 aliphatic heterocycles. The van der Waals surface area contributed by atoms with Crippen LogP contribution in [0.25, 0.3) is 0 Å². The average Bonchev–Trinajstić information content (AvgIpc) is 2.65. The highest BCUT2D eigenvalue weighted by Gasteiger charge is 2.16. The lowest BCUT2D eigenvalue weighted by Gasteiger charge is -2.13. The summed E-state index contributed by atoms with van der Waals surface area (Å²) < 4.78 is 4.71. The van der Waals surface area contributed by atoms with Crippen LogP contribution in [0.15, 0.2) is 11.4 Å². The molecule has 1 atom stereocenters. The van der Waals surface area contributed by atoms with Gasteiger partial charge in [-0.05, 0) is 30.4 Å². The minimum absolute atomic E-state index is 0.188. The second-order valence-electron chi connectivity index (χ2n) is 3.39. The Morgan fingerprint density at radius 1 is 1.67 bits per heavy atom. The highest BCUT2D eigenvalue weighted by atomic mass is 32.1. The highest BCUT2D eigenvalue weighted by Crippen LogP contribution is 2.15. The normalized spacial score (nSPS) is 12.5. The van der Waals surface area contributed by atoms with Crippen molar-refractivity contribution in [1.29, 1.82) is 0 Å². The lowest BCUT2D eigenvalue weighted by Crippen LogP contribution is -2.36. The van der Waals surface area contributed by atoms with Crippen LogP contribution in [0, 0.1) is 6.92 Å². The van der Waals surface area contributed by atoms with E-state index in [9.17, 15) is 4.79 Å². The number of hydrogen-bond donors (Lipinski definition) is 1. The fourth-order valence-electron chi connectivity index (χ4n) is 1.34. The van der Waals surface area contributed by atoms with Gasteiger partial charge in [0.05, 0.1) is 7.11 Å². The first-order valence-corrected chi connectivity index (χ1v) is 5.91. The quantitative estimate of drug-likeness (QED) is 0.783. The Morgan fingerprint density at radius 3 is 2.87 bits per heavy atom. The maximum Gasteiger partial charge on any atom is 0.322 e. The minimum atomic E-state index is -0.198. The van der Waals surface area contributed by atoms with Gasteiger partial charge in [-0.1, -0.05) is 6.92 Å². The van der Waals surface area contributed by atoms with Crippen molar-refractivity contribution < 1.29 is 9.53 Å². The summed E-state index contributed by atoms with van der Waals surface area (Å²) in [5, 5.41) is 5.26. The zero-order valence-corrected chi connectivity index (χ0v) is 10.2. The molecule has 0 saturated heterocycles.